The second kappa shape index (κ2) is 7.01. The first kappa shape index (κ1) is 15.8. The minimum absolute atomic E-state index is 0.0820. The van der Waals surface area contributed by atoms with Gasteiger partial charge in [0, 0.05) is 26.9 Å². The summed E-state index contributed by atoms with van der Waals surface area (Å²) in [6.07, 6.45) is 4.00. The van der Waals surface area contributed by atoms with Crippen molar-refractivity contribution in [3.8, 4) is 5.75 Å². The van der Waals surface area contributed by atoms with Gasteiger partial charge in [0.2, 0.25) is 0 Å². The molecule has 4 heteroatoms. The molecule has 0 spiro atoms. The lowest BCUT2D eigenvalue weighted by Gasteiger charge is -2.09. The predicted octanol–water partition coefficient (Wildman–Crippen LogP) is 5.12. The first-order valence-corrected chi connectivity index (χ1v) is 8.53. The number of unbranched alkanes of at least 4 members (excludes halogenated alkanes) is 1. The Hall–Kier alpha value is -2.07. The van der Waals surface area contributed by atoms with E-state index >= 15 is 0 Å². The van der Waals surface area contributed by atoms with Crippen molar-refractivity contribution in [3.05, 3.63) is 58.1 Å². The van der Waals surface area contributed by atoms with Gasteiger partial charge in [0.1, 0.15) is 5.75 Å². The number of ether oxygens (including phenoxy) is 1. The lowest BCUT2D eigenvalue weighted by Crippen LogP contribution is -2.04. The standard InChI is InChI=1S/C19H18BrNO2/c1-2-3-10-23-18-7-5-4-6-13(18)11-16-15-12-14(20)8-9-17(15)21-19(16)22/h4-9,11-12H,2-3,10H2,1H3,(H,21,22)/b16-11-. The van der Waals surface area contributed by atoms with Crippen molar-refractivity contribution in [2.75, 3.05) is 11.9 Å². The molecule has 0 saturated heterocycles. The Bertz CT molecular complexity index is 768. The minimum atomic E-state index is -0.0820. The van der Waals surface area contributed by atoms with Crippen molar-refractivity contribution in [2.45, 2.75) is 19.8 Å². The van der Waals surface area contributed by atoms with Gasteiger partial charge in [0.05, 0.1) is 6.61 Å². The van der Waals surface area contributed by atoms with Gasteiger partial charge in [-0.05, 0) is 36.8 Å². The summed E-state index contributed by atoms with van der Waals surface area (Å²) >= 11 is 3.46. The fraction of sp³-hybridized carbons (Fsp3) is 0.211. The van der Waals surface area contributed by atoms with E-state index in [1.165, 1.54) is 0 Å². The maximum Gasteiger partial charge on any atom is 0.256 e. The number of benzene rings is 2. The number of anilines is 1. The summed E-state index contributed by atoms with van der Waals surface area (Å²) in [5, 5.41) is 2.90. The molecule has 0 aromatic heterocycles. The van der Waals surface area contributed by atoms with Crippen molar-refractivity contribution in [2.24, 2.45) is 0 Å². The van der Waals surface area contributed by atoms with E-state index in [1.54, 1.807) is 0 Å². The number of carbonyl (C=O) groups is 1. The van der Waals surface area contributed by atoms with Gasteiger partial charge in [-0.1, -0.05) is 47.5 Å². The lowest BCUT2D eigenvalue weighted by atomic mass is 10.0. The van der Waals surface area contributed by atoms with Crippen LogP contribution in [0.1, 0.15) is 30.9 Å². The van der Waals surface area contributed by atoms with Crippen LogP contribution in [0, 0.1) is 0 Å². The molecule has 0 bridgehead atoms. The van der Waals surface area contributed by atoms with Crippen molar-refractivity contribution in [1.29, 1.82) is 0 Å². The van der Waals surface area contributed by atoms with E-state index in [9.17, 15) is 4.79 Å². The highest BCUT2D eigenvalue weighted by Gasteiger charge is 2.24. The average molecular weight is 372 g/mol. The molecule has 0 unspecified atom stereocenters. The molecule has 0 radical (unpaired) electrons. The molecule has 1 amide bonds. The van der Waals surface area contributed by atoms with Crippen LogP contribution in [0.3, 0.4) is 0 Å². The van der Waals surface area contributed by atoms with Gasteiger partial charge in [-0.3, -0.25) is 4.79 Å². The largest absolute Gasteiger partial charge is 0.493 e. The average Bonchev–Trinajstić information content (AvgIpc) is 2.85. The van der Waals surface area contributed by atoms with Gasteiger partial charge in [-0.2, -0.15) is 0 Å². The highest BCUT2D eigenvalue weighted by molar-refractivity contribution is 9.10. The molecule has 0 saturated carbocycles. The maximum absolute atomic E-state index is 12.3. The molecule has 2 aromatic rings. The van der Waals surface area contributed by atoms with Gasteiger partial charge >= 0.3 is 0 Å². The SMILES string of the molecule is CCCCOc1ccccc1/C=C1\C(=O)Nc2ccc(Br)cc21. The molecule has 1 aliphatic rings. The van der Waals surface area contributed by atoms with E-state index in [0.717, 1.165) is 39.9 Å². The number of fused-ring (bicyclic) bond motifs is 1. The van der Waals surface area contributed by atoms with Crippen LogP contribution >= 0.6 is 15.9 Å². The third-order valence-electron chi connectivity index (χ3n) is 3.74. The van der Waals surface area contributed by atoms with Gasteiger partial charge < -0.3 is 10.1 Å². The third kappa shape index (κ3) is 3.48. The molecule has 3 nitrogen and oxygen atoms in total. The lowest BCUT2D eigenvalue weighted by molar-refractivity contribution is -0.110. The number of halogens is 1. The van der Waals surface area contributed by atoms with Crippen LogP contribution in [-0.4, -0.2) is 12.5 Å². The zero-order valence-electron chi connectivity index (χ0n) is 12.9. The van der Waals surface area contributed by atoms with E-state index in [-0.39, 0.29) is 5.91 Å². The van der Waals surface area contributed by atoms with E-state index in [0.29, 0.717) is 12.2 Å². The Morgan fingerprint density at radius 1 is 1.22 bits per heavy atom. The van der Waals surface area contributed by atoms with E-state index < -0.39 is 0 Å². The molecular weight excluding hydrogens is 354 g/mol. The summed E-state index contributed by atoms with van der Waals surface area (Å²) in [5.41, 5.74) is 3.33. The number of hydrogen-bond donors (Lipinski definition) is 1. The molecular formula is C19H18BrNO2. The van der Waals surface area contributed by atoms with Crippen LogP contribution in [0.25, 0.3) is 11.6 Å². The summed E-state index contributed by atoms with van der Waals surface area (Å²) in [6, 6.07) is 13.6. The summed E-state index contributed by atoms with van der Waals surface area (Å²) in [5.74, 6) is 0.728. The number of rotatable bonds is 5. The highest BCUT2D eigenvalue weighted by Crippen LogP contribution is 2.36. The van der Waals surface area contributed by atoms with E-state index in [2.05, 4.69) is 28.2 Å². The van der Waals surface area contributed by atoms with Gasteiger partial charge in [-0.15, -0.1) is 0 Å². The van der Waals surface area contributed by atoms with Crippen LogP contribution < -0.4 is 10.1 Å². The zero-order chi connectivity index (χ0) is 16.2. The van der Waals surface area contributed by atoms with Crippen molar-refractivity contribution < 1.29 is 9.53 Å². The Labute approximate surface area is 144 Å². The Balaban J connectivity index is 1.96. The molecule has 0 fully saturated rings. The molecule has 23 heavy (non-hydrogen) atoms. The minimum Gasteiger partial charge on any atom is -0.493 e. The number of para-hydroxylation sites is 1. The topological polar surface area (TPSA) is 38.3 Å². The second-order valence-corrected chi connectivity index (χ2v) is 6.36. The summed E-state index contributed by atoms with van der Waals surface area (Å²) < 4.78 is 6.80. The highest BCUT2D eigenvalue weighted by atomic mass is 79.9. The Morgan fingerprint density at radius 2 is 2.04 bits per heavy atom. The molecule has 1 heterocycles. The van der Waals surface area contributed by atoms with E-state index in [1.807, 2.05) is 48.5 Å². The first-order valence-electron chi connectivity index (χ1n) is 7.74. The van der Waals surface area contributed by atoms with Crippen molar-refractivity contribution >= 4 is 39.2 Å². The fourth-order valence-corrected chi connectivity index (χ4v) is 2.88. The molecule has 2 aromatic carbocycles. The van der Waals surface area contributed by atoms with Crippen LogP contribution in [0.5, 0.6) is 5.75 Å². The van der Waals surface area contributed by atoms with E-state index in [4.69, 9.17) is 4.74 Å². The van der Waals surface area contributed by atoms with Crippen LogP contribution in [0.4, 0.5) is 5.69 Å². The molecule has 1 N–H and O–H groups in total. The third-order valence-corrected chi connectivity index (χ3v) is 4.23. The maximum atomic E-state index is 12.3. The summed E-state index contributed by atoms with van der Waals surface area (Å²) in [6.45, 7) is 2.82. The van der Waals surface area contributed by atoms with Crippen LogP contribution in [0.2, 0.25) is 0 Å². The quantitative estimate of drug-likeness (QED) is 0.584. The van der Waals surface area contributed by atoms with Gasteiger partial charge in [-0.25, -0.2) is 0 Å². The predicted molar refractivity (Wildman–Crippen MR) is 97.5 cm³/mol. The summed E-state index contributed by atoms with van der Waals surface area (Å²) in [4.78, 5) is 12.3. The van der Waals surface area contributed by atoms with Gasteiger partial charge in [0.25, 0.3) is 5.91 Å². The number of carbonyl (C=O) groups excluding carboxylic acids is 1. The van der Waals surface area contributed by atoms with Crippen LogP contribution in [-0.2, 0) is 4.79 Å². The Kier molecular flexibility index (Phi) is 4.82. The summed E-state index contributed by atoms with van der Waals surface area (Å²) in [7, 11) is 0. The number of nitrogens with one attached hydrogen (secondary N) is 1. The van der Waals surface area contributed by atoms with Crippen LogP contribution in [0.15, 0.2) is 46.9 Å². The van der Waals surface area contributed by atoms with Gasteiger partial charge in [0.15, 0.2) is 0 Å². The Morgan fingerprint density at radius 3 is 2.87 bits per heavy atom. The second-order valence-electron chi connectivity index (χ2n) is 5.44. The zero-order valence-corrected chi connectivity index (χ0v) is 14.5. The molecule has 0 aliphatic carbocycles. The first-order chi connectivity index (χ1) is 11.2. The monoisotopic (exact) mass is 371 g/mol. The van der Waals surface area contributed by atoms with Crippen molar-refractivity contribution in [3.63, 3.8) is 0 Å². The van der Waals surface area contributed by atoms with Crippen molar-refractivity contribution in [1.82, 2.24) is 0 Å². The molecule has 1 aliphatic heterocycles. The fourth-order valence-electron chi connectivity index (χ4n) is 2.52. The number of amides is 1. The normalized spacial score (nSPS) is 14.7. The molecule has 3 rings (SSSR count). The number of hydrogen-bond acceptors (Lipinski definition) is 2. The smallest absolute Gasteiger partial charge is 0.256 e. The molecule has 118 valence electrons. The molecule has 0 atom stereocenters.